The number of carboxylic acid groups (broad SMARTS) is 1. The molecule has 0 spiro atoms. The number of carbonyl (C=O) groups excluding carboxylic acids is 1. The number of hydrogen-bond donors (Lipinski definition) is 2. The average Bonchev–Trinajstić information content (AvgIpc) is 2.17. The van der Waals surface area contributed by atoms with Gasteiger partial charge in [-0.3, -0.25) is 9.59 Å². The number of carbonyl (C=O) groups is 2. The summed E-state index contributed by atoms with van der Waals surface area (Å²) in [5.41, 5.74) is 5.41. The lowest BCUT2D eigenvalue weighted by atomic mass is 10.2. The Labute approximate surface area is 88.3 Å². The van der Waals surface area contributed by atoms with Crippen molar-refractivity contribution in [2.45, 2.75) is 25.8 Å². The molecule has 0 aromatic rings. The van der Waals surface area contributed by atoms with Crippen molar-refractivity contribution in [3.63, 3.8) is 0 Å². The number of hydrogen-bond acceptors (Lipinski definition) is 4. The van der Waals surface area contributed by atoms with E-state index in [1.807, 2.05) is 6.07 Å². The minimum atomic E-state index is -1.10. The van der Waals surface area contributed by atoms with Crippen molar-refractivity contribution in [3.05, 3.63) is 0 Å². The molecule has 0 aliphatic rings. The predicted octanol–water partition coefficient (Wildman–Crippen LogP) is -0.449. The van der Waals surface area contributed by atoms with E-state index in [-0.39, 0.29) is 12.8 Å². The van der Waals surface area contributed by atoms with E-state index >= 15 is 0 Å². The molecule has 0 aliphatic carbocycles. The number of amides is 1. The first-order valence-electron chi connectivity index (χ1n) is 4.66. The van der Waals surface area contributed by atoms with Crippen molar-refractivity contribution in [2.75, 3.05) is 13.1 Å². The van der Waals surface area contributed by atoms with Crippen molar-refractivity contribution in [3.8, 4) is 6.07 Å². The van der Waals surface area contributed by atoms with E-state index in [1.54, 1.807) is 6.92 Å². The highest BCUT2D eigenvalue weighted by Crippen LogP contribution is 1.98. The smallest absolute Gasteiger partial charge is 0.305 e. The maximum absolute atomic E-state index is 11.5. The van der Waals surface area contributed by atoms with E-state index in [4.69, 9.17) is 16.1 Å². The van der Waals surface area contributed by atoms with Crippen molar-refractivity contribution in [2.24, 2.45) is 5.73 Å². The largest absolute Gasteiger partial charge is 0.481 e. The molecule has 6 heteroatoms. The monoisotopic (exact) mass is 213 g/mol. The van der Waals surface area contributed by atoms with Gasteiger partial charge in [-0.2, -0.15) is 5.26 Å². The van der Waals surface area contributed by atoms with Gasteiger partial charge in [-0.1, -0.05) is 0 Å². The summed E-state index contributed by atoms with van der Waals surface area (Å²) in [4.78, 5) is 23.3. The Morgan fingerprint density at radius 1 is 1.60 bits per heavy atom. The molecule has 6 nitrogen and oxygen atoms in total. The highest BCUT2D eigenvalue weighted by Gasteiger charge is 2.21. The van der Waals surface area contributed by atoms with Gasteiger partial charge in [0.05, 0.1) is 25.0 Å². The lowest BCUT2D eigenvalue weighted by Crippen LogP contribution is -2.45. The number of rotatable bonds is 6. The van der Waals surface area contributed by atoms with Gasteiger partial charge in [-0.05, 0) is 6.92 Å². The van der Waals surface area contributed by atoms with Crippen LogP contribution in [-0.4, -0.2) is 41.0 Å². The van der Waals surface area contributed by atoms with Crippen LogP contribution in [0.5, 0.6) is 0 Å². The molecule has 84 valence electrons. The predicted molar refractivity (Wildman–Crippen MR) is 52.7 cm³/mol. The molecule has 0 aliphatic heterocycles. The normalized spacial score (nSPS) is 11.5. The molecule has 0 aromatic carbocycles. The topological polar surface area (TPSA) is 107 Å². The summed E-state index contributed by atoms with van der Waals surface area (Å²) in [7, 11) is 0. The molecule has 0 bridgehead atoms. The molecule has 0 saturated carbocycles. The van der Waals surface area contributed by atoms with E-state index in [1.165, 1.54) is 4.90 Å². The van der Waals surface area contributed by atoms with Gasteiger partial charge in [0.1, 0.15) is 0 Å². The number of likely N-dealkylation sites (N-methyl/N-ethyl adjacent to an activating group) is 1. The lowest BCUT2D eigenvalue weighted by molar-refractivity contribution is -0.141. The molecule has 0 radical (unpaired) electrons. The Hall–Kier alpha value is -1.61. The summed E-state index contributed by atoms with van der Waals surface area (Å²) in [5.74, 6) is -1.53. The van der Waals surface area contributed by atoms with Gasteiger partial charge in [-0.25, -0.2) is 0 Å². The average molecular weight is 213 g/mol. The zero-order valence-electron chi connectivity index (χ0n) is 8.64. The SMILES string of the molecule is CCN(CCC#N)C(=O)C(N)CC(=O)O. The van der Waals surface area contributed by atoms with Crippen molar-refractivity contribution < 1.29 is 14.7 Å². The Morgan fingerprint density at radius 2 is 2.20 bits per heavy atom. The first-order chi connectivity index (χ1) is 7.02. The van der Waals surface area contributed by atoms with Gasteiger partial charge >= 0.3 is 5.97 Å². The molecule has 0 saturated heterocycles. The number of nitriles is 1. The lowest BCUT2D eigenvalue weighted by Gasteiger charge is -2.22. The third-order valence-corrected chi connectivity index (χ3v) is 1.90. The van der Waals surface area contributed by atoms with Crippen molar-refractivity contribution >= 4 is 11.9 Å². The Bertz CT molecular complexity index is 272. The second-order valence-electron chi connectivity index (χ2n) is 3.03. The van der Waals surface area contributed by atoms with Crippen LogP contribution in [0.4, 0.5) is 0 Å². The summed E-state index contributed by atoms with van der Waals surface area (Å²) in [6.45, 7) is 2.47. The van der Waals surface area contributed by atoms with Gasteiger partial charge in [0.25, 0.3) is 0 Å². The molecule has 0 aromatic heterocycles. The van der Waals surface area contributed by atoms with Crippen LogP contribution in [-0.2, 0) is 9.59 Å². The molecular weight excluding hydrogens is 198 g/mol. The molecular formula is C9H15N3O3. The second-order valence-corrected chi connectivity index (χ2v) is 3.03. The summed E-state index contributed by atoms with van der Waals surface area (Å²) in [6.07, 6.45) is -0.165. The molecule has 0 rings (SSSR count). The summed E-state index contributed by atoms with van der Waals surface area (Å²) < 4.78 is 0. The first kappa shape index (κ1) is 13.4. The van der Waals surface area contributed by atoms with E-state index in [2.05, 4.69) is 0 Å². The number of nitrogens with zero attached hydrogens (tertiary/aromatic N) is 2. The molecule has 1 unspecified atom stereocenters. The van der Waals surface area contributed by atoms with Gasteiger partial charge < -0.3 is 15.7 Å². The van der Waals surface area contributed by atoms with E-state index in [0.29, 0.717) is 13.1 Å². The van der Waals surface area contributed by atoms with Gasteiger partial charge in [0, 0.05) is 13.1 Å². The van der Waals surface area contributed by atoms with Gasteiger partial charge in [0.2, 0.25) is 5.91 Å². The van der Waals surface area contributed by atoms with E-state index < -0.39 is 17.9 Å². The summed E-state index contributed by atoms with van der Waals surface area (Å²) >= 11 is 0. The van der Waals surface area contributed by atoms with Gasteiger partial charge in [-0.15, -0.1) is 0 Å². The molecule has 1 amide bonds. The number of carboxylic acids is 1. The molecule has 15 heavy (non-hydrogen) atoms. The second kappa shape index (κ2) is 6.79. The van der Waals surface area contributed by atoms with Crippen LogP contribution in [0.25, 0.3) is 0 Å². The van der Waals surface area contributed by atoms with Crippen LogP contribution >= 0.6 is 0 Å². The maximum Gasteiger partial charge on any atom is 0.305 e. The molecule has 0 fully saturated rings. The maximum atomic E-state index is 11.5. The van der Waals surface area contributed by atoms with Crippen LogP contribution in [0.1, 0.15) is 19.8 Å². The quantitative estimate of drug-likeness (QED) is 0.621. The minimum absolute atomic E-state index is 0.222. The summed E-state index contributed by atoms with van der Waals surface area (Å²) in [5, 5.41) is 16.8. The Kier molecular flexibility index (Phi) is 6.06. The molecule has 1 atom stereocenters. The number of nitrogens with two attached hydrogens (primary N) is 1. The van der Waals surface area contributed by atoms with E-state index in [9.17, 15) is 9.59 Å². The fraction of sp³-hybridized carbons (Fsp3) is 0.667. The fourth-order valence-electron chi connectivity index (χ4n) is 1.12. The first-order valence-corrected chi connectivity index (χ1v) is 4.66. The zero-order valence-corrected chi connectivity index (χ0v) is 8.64. The molecule has 0 heterocycles. The van der Waals surface area contributed by atoms with Crippen LogP contribution in [0, 0.1) is 11.3 Å². The summed E-state index contributed by atoms with van der Waals surface area (Å²) in [6, 6.07) is 0.889. The van der Waals surface area contributed by atoms with Crippen LogP contribution in [0.3, 0.4) is 0 Å². The third-order valence-electron chi connectivity index (χ3n) is 1.90. The Morgan fingerprint density at radius 3 is 2.60 bits per heavy atom. The van der Waals surface area contributed by atoms with Crippen molar-refractivity contribution in [1.29, 1.82) is 5.26 Å². The van der Waals surface area contributed by atoms with Crippen LogP contribution in [0.2, 0.25) is 0 Å². The van der Waals surface area contributed by atoms with Gasteiger partial charge in [0.15, 0.2) is 0 Å². The number of aliphatic carboxylic acids is 1. The molecule has 3 N–H and O–H groups in total. The minimum Gasteiger partial charge on any atom is -0.481 e. The highest BCUT2D eigenvalue weighted by atomic mass is 16.4. The fourth-order valence-corrected chi connectivity index (χ4v) is 1.12. The standard InChI is InChI=1S/C9H15N3O3/c1-2-12(5-3-4-10)9(15)7(11)6-8(13)14/h7H,2-3,5-6,11H2,1H3,(H,13,14). The van der Waals surface area contributed by atoms with Crippen LogP contribution in [0.15, 0.2) is 0 Å². The third kappa shape index (κ3) is 4.98. The van der Waals surface area contributed by atoms with Crippen LogP contribution < -0.4 is 5.73 Å². The van der Waals surface area contributed by atoms with E-state index in [0.717, 1.165) is 0 Å². The zero-order chi connectivity index (χ0) is 11.8. The highest BCUT2D eigenvalue weighted by molar-refractivity contribution is 5.85. The Balaban J connectivity index is 4.25. The van der Waals surface area contributed by atoms with Crippen molar-refractivity contribution in [1.82, 2.24) is 4.90 Å².